The van der Waals surface area contributed by atoms with Crippen LogP contribution in [0.1, 0.15) is 26.0 Å². The molecule has 1 atom stereocenters. The number of rotatable bonds is 4. The fraction of sp³-hybridized carbons (Fsp3) is 0.333. The summed E-state index contributed by atoms with van der Waals surface area (Å²) in [6.07, 6.45) is 1.22. The van der Waals surface area contributed by atoms with Crippen LogP contribution in [0.3, 0.4) is 0 Å². The number of aromatic nitrogens is 1. The van der Waals surface area contributed by atoms with E-state index in [1.807, 2.05) is 44.2 Å². The van der Waals surface area contributed by atoms with E-state index >= 15 is 0 Å². The molecule has 1 heterocycles. The highest BCUT2D eigenvalue weighted by atomic mass is 35.5. The van der Waals surface area contributed by atoms with Gasteiger partial charge in [0.1, 0.15) is 0 Å². The Hall–Kier alpha value is -1.61. The van der Waals surface area contributed by atoms with Gasteiger partial charge in [-0.1, -0.05) is 30.7 Å². The summed E-state index contributed by atoms with van der Waals surface area (Å²) in [7, 11) is 0. The van der Waals surface area contributed by atoms with Crippen LogP contribution in [0.25, 0.3) is 10.9 Å². The van der Waals surface area contributed by atoms with Crippen molar-refractivity contribution < 1.29 is 4.79 Å². The third kappa shape index (κ3) is 3.67. The summed E-state index contributed by atoms with van der Waals surface area (Å²) >= 11 is 5.95. The first kappa shape index (κ1) is 13.8. The van der Waals surface area contributed by atoms with Crippen LogP contribution in [0, 0.1) is 0 Å². The second-order valence-corrected chi connectivity index (χ2v) is 5.13. The van der Waals surface area contributed by atoms with Crippen molar-refractivity contribution >= 4 is 28.4 Å². The number of hydrogen-bond donors (Lipinski definition) is 1. The van der Waals surface area contributed by atoms with Crippen LogP contribution in [-0.2, 0) is 11.2 Å². The Bertz CT molecular complexity index is 598. The third-order valence-electron chi connectivity index (χ3n) is 3.07. The molecule has 2 rings (SSSR count). The number of halogens is 1. The molecule has 1 aromatic heterocycles. The van der Waals surface area contributed by atoms with E-state index in [0.717, 1.165) is 23.0 Å². The lowest BCUT2D eigenvalue weighted by atomic mass is 10.1. The number of nitrogens with zero attached hydrogens (tertiary/aromatic N) is 1. The van der Waals surface area contributed by atoms with E-state index in [4.69, 9.17) is 11.6 Å². The molecule has 0 aliphatic rings. The van der Waals surface area contributed by atoms with E-state index < -0.39 is 0 Å². The van der Waals surface area contributed by atoms with Gasteiger partial charge in [0, 0.05) is 16.5 Å². The molecule has 0 saturated heterocycles. The van der Waals surface area contributed by atoms with Crippen molar-refractivity contribution in [3.63, 3.8) is 0 Å². The fourth-order valence-electron chi connectivity index (χ4n) is 1.82. The summed E-state index contributed by atoms with van der Waals surface area (Å²) < 4.78 is 0. The van der Waals surface area contributed by atoms with E-state index in [0.29, 0.717) is 11.4 Å². The standard InChI is InChI=1S/C15H17ClN2O/c1-3-10(2)17-15(19)9-13-7-5-11-4-6-12(16)8-14(11)18-13/h4-8,10H,3,9H2,1-2H3,(H,17,19). The maximum atomic E-state index is 11.8. The average Bonchev–Trinajstić information content (AvgIpc) is 2.37. The van der Waals surface area contributed by atoms with Crippen molar-refractivity contribution in [1.82, 2.24) is 10.3 Å². The fourth-order valence-corrected chi connectivity index (χ4v) is 1.99. The molecule has 1 amide bonds. The summed E-state index contributed by atoms with van der Waals surface area (Å²) in [6, 6.07) is 9.61. The van der Waals surface area contributed by atoms with Crippen molar-refractivity contribution in [3.8, 4) is 0 Å². The van der Waals surface area contributed by atoms with Crippen LogP contribution in [-0.4, -0.2) is 16.9 Å². The summed E-state index contributed by atoms with van der Waals surface area (Å²) in [6.45, 7) is 4.03. The summed E-state index contributed by atoms with van der Waals surface area (Å²) in [5, 5.41) is 4.61. The molecule has 0 aliphatic carbocycles. The molecule has 0 spiro atoms. The van der Waals surface area contributed by atoms with Crippen molar-refractivity contribution in [2.75, 3.05) is 0 Å². The highest BCUT2D eigenvalue weighted by molar-refractivity contribution is 6.31. The first-order valence-electron chi connectivity index (χ1n) is 6.43. The maximum Gasteiger partial charge on any atom is 0.226 e. The smallest absolute Gasteiger partial charge is 0.226 e. The Balaban J connectivity index is 2.15. The molecule has 4 heteroatoms. The lowest BCUT2D eigenvalue weighted by molar-refractivity contribution is -0.121. The van der Waals surface area contributed by atoms with Gasteiger partial charge < -0.3 is 5.32 Å². The molecule has 2 aromatic rings. The Morgan fingerprint density at radius 2 is 2.11 bits per heavy atom. The number of nitrogens with one attached hydrogen (secondary N) is 1. The van der Waals surface area contributed by atoms with Gasteiger partial charge in [-0.25, -0.2) is 0 Å². The van der Waals surface area contributed by atoms with Gasteiger partial charge in [-0.3, -0.25) is 9.78 Å². The van der Waals surface area contributed by atoms with E-state index in [9.17, 15) is 4.79 Å². The topological polar surface area (TPSA) is 42.0 Å². The van der Waals surface area contributed by atoms with Gasteiger partial charge in [-0.2, -0.15) is 0 Å². The molecule has 19 heavy (non-hydrogen) atoms. The minimum atomic E-state index is 0.00299. The Labute approximate surface area is 118 Å². The molecule has 1 unspecified atom stereocenters. The first-order chi connectivity index (χ1) is 9.08. The monoisotopic (exact) mass is 276 g/mol. The zero-order valence-electron chi connectivity index (χ0n) is 11.1. The number of benzene rings is 1. The number of fused-ring (bicyclic) bond motifs is 1. The molecule has 0 fully saturated rings. The second kappa shape index (κ2) is 6.02. The van der Waals surface area contributed by atoms with Gasteiger partial charge in [0.05, 0.1) is 17.6 Å². The normalized spacial score (nSPS) is 12.4. The second-order valence-electron chi connectivity index (χ2n) is 4.69. The van der Waals surface area contributed by atoms with Crippen LogP contribution in [0.4, 0.5) is 0 Å². The largest absolute Gasteiger partial charge is 0.353 e. The van der Waals surface area contributed by atoms with Gasteiger partial charge in [0.15, 0.2) is 0 Å². The number of carbonyl (C=O) groups is 1. The quantitative estimate of drug-likeness (QED) is 0.930. The minimum absolute atomic E-state index is 0.00299. The van der Waals surface area contributed by atoms with Gasteiger partial charge >= 0.3 is 0 Å². The van der Waals surface area contributed by atoms with E-state index in [2.05, 4.69) is 10.3 Å². The SMILES string of the molecule is CCC(C)NC(=O)Cc1ccc2ccc(Cl)cc2n1. The molecule has 0 bridgehead atoms. The Kier molecular flexibility index (Phi) is 4.38. The highest BCUT2D eigenvalue weighted by Crippen LogP contribution is 2.18. The summed E-state index contributed by atoms with van der Waals surface area (Å²) in [5.41, 5.74) is 1.58. The first-order valence-corrected chi connectivity index (χ1v) is 6.81. The summed E-state index contributed by atoms with van der Waals surface area (Å²) in [5.74, 6) is 0.00299. The average molecular weight is 277 g/mol. The summed E-state index contributed by atoms with van der Waals surface area (Å²) in [4.78, 5) is 16.3. The Morgan fingerprint density at radius 3 is 2.84 bits per heavy atom. The Morgan fingerprint density at radius 1 is 1.37 bits per heavy atom. The molecule has 0 saturated carbocycles. The zero-order valence-corrected chi connectivity index (χ0v) is 11.9. The molecule has 0 aliphatic heterocycles. The van der Waals surface area contributed by atoms with Gasteiger partial charge in [0.25, 0.3) is 0 Å². The number of pyridine rings is 1. The molecule has 3 nitrogen and oxygen atoms in total. The molecule has 1 aromatic carbocycles. The van der Waals surface area contributed by atoms with E-state index in [-0.39, 0.29) is 11.9 Å². The van der Waals surface area contributed by atoms with Crippen LogP contribution < -0.4 is 5.32 Å². The van der Waals surface area contributed by atoms with Crippen LogP contribution >= 0.6 is 11.6 Å². The molecule has 100 valence electrons. The minimum Gasteiger partial charge on any atom is -0.353 e. The van der Waals surface area contributed by atoms with Crippen molar-refractivity contribution in [1.29, 1.82) is 0 Å². The molecule has 0 radical (unpaired) electrons. The molecule has 1 N–H and O–H groups in total. The number of hydrogen-bond acceptors (Lipinski definition) is 2. The van der Waals surface area contributed by atoms with E-state index in [1.165, 1.54) is 0 Å². The molecular formula is C15H17ClN2O. The van der Waals surface area contributed by atoms with Crippen LogP contribution in [0.5, 0.6) is 0 Å². The van der Waals surface area contributed by atoms with Crippen molar-refractivity contribution in [2.45, 2.75) is 32.7 Å². The van der Waals surface area contributed by atoms with Crippen molar-refractivity contribution in [3.05, 3.63) is 41.0 Å². The predicted molar refractivity (Wildman–Crippen MR) is 78.4 cm³/mol. The lowest BCUT2D eigenvalue weighted by Crippen LogP contribution is -2.33. The highest BCUT2D eigenvalue weighted by Gasteiger charge is 2.08. The maximum absolute atomic E-state index is 11.8. The number of amides is 1. The third-order valence-corrected chi connectivity index (χ3v) is 3.31. The van der Waals surface area contributed by atoms with Gasteiger partial charge in [-0.05, 0) is 31.5 Å². The van der Waals surface area contributed by atoms with E-state index in [1.54, 1.807) is 0 Å². The van der Waals surface area contributed by atoms with Crippen LogP contribution in [0.2, 0.25) is 5.02 Å². The van der Waals surface area contributed by atoms with Crippen LogP contribution in [0.15, 0.2) is 30.3 Å². The zero-order chi connectivity index (χ0) is 13.8. The predicted octanol–water partition coefficient (Wildman–Crippen LogP) is 3.35. The number of carbonyl (C=O) groups excluding carboxylic acids is 1. The lowest BCUT2D eigenvalue weighted by Gasteiger charge is -2.11. The van der Waals surface area contributed by atoms with Gasteiger partial charge in [0.2, 0.25) is 5.91 Å². The van der Waals surface area contributed by atoms with Gasteiger partial charge in [-0.15, -0.1) is 0 Å². The molecular weight excluding hydrogens is 260 g/mol. The van der Waals surface area contributed by atoms with Crippen molar-refractivity contribution in [2.24, 2.45) is 0 Å².